The molecule has 0 bridgehead atoms. The Hall–Kier alpha value is -2.51. The molecule has 0 amide bonds. The maximum absolute atomic E-state index is 13.7. The normalized spacial score (nSPS) is 12.0. The molecule has 0 spiro atoms. The molecule has 7 heteroatoms. The van der Waals surface area contributed by atoms with E-state index in [0.29, 0.717) is 11.0 Å². The number of fused-ring (bicyclic) bond motifs is 1. The van der Waals surface area contributed by atoms with Crippen molar-refractivity contribution in [3.05, 3.63) is 76.4 Å². The fourth-order valence-electron chi connectivity index (χ4n) is 2.34. The predicted octanol–water partition coefficient (Wildman–Crippen LogP) is 2.75. The molecule has 0 aliphatic carbocycles. The lowest BCUT2D eigenvalue weighted by Crippen LogP contribution is -2.26. The quantitative estimate of drug-likeness (QED) is 0.681. The Morgan fingerprint density at radius 1 is 1.08 bits per heavy atom. The number of rotatable bonds is 4. The smallest absolute Gasteiger partial charge is 0.336 e. The van der Waals surface area contributed by atoms with E-state index in [1.165, 1.54) is 49.5 Å². The summed E-state index contributed by atoms with van der Waals surface area (Å²) in [5.41, 5.74) is 0.0864. The van der Waals surface area contributed by atoms with Crippen LogP contribution in [0.3, 0.4) is 0 Å². The second-order valence-corrected chi connectivity index (χ2v) is 7.35. The largest absolute Gasteiger partial charge is 0.423 e. The van der Waals surface area contributed by atoms with Gasteiger partial charge < -0.3 is 4.42 Å². The molecule has 0 aliphatic heterocycles. The first-order chi connectivity index (χ1) is 11.4. The van der Waals surface area contributed by atoms with Gasteiger partial charge in [0.2, 0.25) is 10.0 Å². The van der Waals surface area contributed by atoms with Crippen molar-refractivity contribution in [1.29, 1.82) is 0 Å². The van der Waals surface area contributed by atoms with Gasteiger partial charge in [0.05, 0.1) is 4.90 Å². The Morgan fingerprint density at radius 2 is 1.83 bits per heavy atom. The molecule has 0 radical (unpaired) electrons. The van der Waals surface area contributed by atoms with E-state index < -0.39 is 21.5 Å². The van der Waals surface area contributed by atoms with Crippen LogP contribution in [-0.2, 0) is 16.6 Å². The monoisotopic (exact) mass is 347 g/mol. The highest BCUT2D eigenvalue weighted by molar-refractivity contribution is 7.89. The molecule has 0 N–H and O–H groups in total. The number of hydrogen-bond acceptors (Lipinski definition) is 4. The Labute approximate surface area is 138 Å². The zero-order chi connectivity index (χ0) is 17.3. The van der Waals surface area contributed by atoms with Crippen molar-refractivity contribution in [2.75, 3.05) is 7.05 Å². The van der Waals surface area contributed by atoms with Crippen LogP contribution < -0.4 is 5.63 Å². The van der Waals surface area contributed by atoms with Gasteiger partial charge in [0.25, 0.3) is 0 Å². The lowest BCUT2D eigenvalue weighted by molar-refractivity contribution is 0.456. The highest BCUT2D eigenvalue weighted by Crippen LogP contribution is 2.22. The van der Waals surface area contributed by atoms with Crippen LogP contribution in [0, 0.1) is 5.82 Å². The average molecular weight is 347 g/mol. The van der Waals surface area contributed by atoms with Crippen molar-refractivity contribution in [3.8, 4) is 0 Å². The SMILES string of the molecule is CN(Cc1ccccc1F)S(=O)(=O)c1ccc2oc(=O)ccc2c1. The summed E-state index contributed by atoms with van der Waals surface area (Å²) in [6.45, 7) is -0.0864. The summed E-state index contributed by atoms with van der Waals surface area (Å²) in [6, 6.07) is 13.0. The van der Waals surface area contributed by atoms with E-state index in [-0.39, 0.29) is 17.0 Å². The molecule has 5 nitrogen and oxygen atoms in total. The third-order valence-corrected chi connectivity index (χ3v) is 5.45. The molecule has 24 heavy (non-hydrogen) atoms. The van der Waals surface area contributed by atoms with Crippen molar-refractivity contribution < 1.29 is 17.2 Å². The van der Waals surface area contributed by atoms with Crippen LogP contribution in [0.25, 0.3) is 11.0 Å². The van der Waals surface area contributed by atoms with Gasteiger partial charge in [-0.1, -0.05) is 18.2 Å². The van der Waals surface area contributed by atoms with Crippen LogP contribution in [0.1, 0.15) is 5.56 Å². The van der Waals surface area contributed by atoms with Crippen molar-refractivity contribution >= 4 is 21.0 Å². The molecule has 0 atom stereocenters. The van der Waals surface area contributed by atoms with E-state index in [2.05, 4.69) is 0 Å². The first-order valence-electron chi connectivity index (χ1n) is 7.11. The lowest BCUT2D eigenvalue weighted by atomic mass is 10.2. The van der Waals surface area contributed by atoms with E-state index in [4.69, 9.17) is 4.42 Å². The van der Waals surface area contributed by atoms with E-state index >= 15 is 0 Å². The summed E-state index contributed by atoms with van der Waals surface area (Å²) >= 11 is 0. The van der Waals surface area contributed by atoms with Gasteiger partial charge in [0.15, 0.2) is 0 Å². The minimum atomic E-state index is -3.81. The van der Waals surface area contributed by atoms with Gasteiger partial charge in [0, 0.05) is 30.6 Å². The maximum atomic E-state index is 13.7. The minimum absolute atomic E-state index is 0.0442. The van der Waals surface area contributed by atoms with Crippen LogP contribution in [0.2, 0.25) is 0 Å². The van der Waals surface area contributed by atoms with Gasteiger partial charge in [-0.05, 0) is 30.3 Å². The van der Waals surface area contributed by atoms with Gasteiger partial charge >= 0.3 is 5.63 Å². The third kappa shape index (κ3) is 3.08. The van der Waals surface area contributed by atoms with Crippen LogP contribution in [0.15, 0.2) is 68.7 Å². The molecule has 2 aromatic carbocycles. The van der Waals surface area contributed by atoms with Gasteiger partial charge in [-0.25, -0.2) is 17.6 Å². The molecule has 0 saturated heterocycles. The molecule has 0 fully saturated rings. The minimum Gasteiger partial charge on any atom is -0.423 e. The molecular weight excluding hydrogens is 333 g/mol. The van der Waals surface area contributed by atoms with Gasteiger partial charge in [0.1, 0.15) is 11.4 Å². The van der Waals surface area contributed by atoms with Crippen molar-refractivity contribution in [1.82, 2.24) is 4.31 Å². The zero-order valence-corrected chi connectivity index (χ0v) is 13.6. The van der Waals surface area contributed by atoms with Crippen LogP contribution >= 0.6 is 0 Å². The topological polar surface area (TPSA) is 67.6 Å². The summed E-state index contributed by atoms with van der Waals surface area (Å²) < 4.78 is 45.1. The Morgan fingerprint density at radius 3 is 2.58 bits per heavy atom. The van der Waals surface area contributed by atoms with Crippen molar-refractivity contribution in [2.24, 2.45) is 0 Å². The van der Waals surface area contributed by atoms with E-state index in [9.17, 15) is 17.6 Å². The standard InChI is InChI=1S/C17H14FNO4S/c1-19(11-13-4-2-3-5-15(13)18)24(21,22)14-7-8-16-12(10-14)6-9-17(20)23-16/h2-10H,11H2,1H3. The molecule has 124 valence electrons. The summed E-state index contributed by atoms with van der Waals surface area (Å²) in [5.74, 6) is -0.458. The molecule has 3 rings (SSSR count). The highest BCUT2D eigenvalue weighted by Gasteiger charge is 2.22. The molecule has 0 aliphatic rings. The first-order valence-corrected chi connectivity index (χ1v) is 8.55. The zero-order valence-electron chi connectivity index (χ0n) is 12.8. The van der Waals surface area contributed by atoms with Crippen LogP contribution in [-0.4, -0.2) is 19.8 Å². The molecule has 0 saturated carbocycles. The summed E-state index contributed by atoms with van der Waals surface area (Å²) in [5, 5.41) is 0.495. The second kappa shape index (κ2) is 6.18. The second-order valence-electron chi connectivity index (χ2n) is 5.31. The lowest BCUT2D eigenvalue weighted by Gasteiger charge is -2.17. The van der Waals surface area contributed by atoms with Gasteiger partial charge in [-0.15, -0.1) is 0 Å². The molecule has 0 unspecified atom stereocenters. The third-order valence-electron chi connectivity index (χ3n) is 3.65. The number of nitrogens with zero attached hydrogens (tertiary/aromatic N) is 1. The Bertz CT molecular complexity index is 1060. The van der Waals surface area contributed by atoms with Crippen molar-refractivity contribution in [2.45, 2.75) is 11.4 Å². The molecule has 1 aromatic heterocycles. The summed E-state index contributed by atoms with van der Waals surface area (Å²) in [7, 11) is -2.42. The van der Waals surface area contributed by atoms with E-state index in [0.717, 1.165) is 4.31 Å². The van der Waals surface area contributed by atoms with Crippen molar-refractivity contribution in [3.63, 3.8) is 0 Å². The maximum Gasteiger partial charge on any atom is 0.336 e. The fraction of sp³-hybridized carbons (Fsp3) is 0.118. The average Bonchev–Trinajstić information content (AvgIpc) is 2.56. The molecular formula is C17H14FNO4S. The highest BCUT2D eigenvalue weighted by atomic mass is 32.2. The number of hydrogen-bond donors (Lipinski definition) is 0. The van der Waals surface area contributed by atoms with Crippen LogP contribution in [0.5, 0.6) is 0 Å². The van der Waals surface area contributed by atoms with Gasteiger partial charge in [-0.3, -0.25) is 0 Å². The van der Waals surface area contributed by atoms with Crippen LogP contribution in [0.4, 0.5) is 4.39 Å². The van der Waals surface area contributed by atoms with E-state index in [1.54, 1.807) is 12.1 Å². The Kier molecular flexibility index (Phi) is 4.21. The summed E-state index contributed by atoms with van der Waals surface area (Å²) in [4.78, 5) is 11.2. The van der Waals surface area contributed by atoms with Gasteiger partial charge in [-0.2, -0.15) is 4.31 Å². The predicted molar refractivity (Wildman–Crippen MR) is 87.5 cm³/mol. The number of benzene rings is 2. The first kappa shape index (κ1) is 16.4. The Balaban J connectivity index is 1.96. The summed E-state index contributed by atoms with van der Waals surface area (Å²) in [6.07, 6.45) is 0. The number of halogens is 1. The van der Waals surface area contributed by atoms with E-state index in [1.807, 2.05) is 0 Å². The molecule has 1 heterocycles. The number of sulfonamides is 1. The fourth-order valence-corrected chi connectivity index (χ4v) is 3.53. The molecule has 3 aromatic rings.